The van der Waals surface area contributed by atoms with E-state index in [0.717, 1.165) is 17.7 Å². The van der Waals surface area contributed by atoms with Crippen molar-refractivity contribution in [3.63, 3.8) is 0 Å². The van der Waals surface area contributed by atoms with Crippen LogP contribution in [-0.4, -0.2) is 28.5 Å². The van der Waals surface area contributed by atoms with Crippen LogP contribution in [0.5, 0.6) is 5.75 Å². The van der Waals surface area contributed by atoms with E-state index < -0.39 is 0 Å². The highest BCUT2D eigenvalue weighted by Crippen LogP contribution is 2.19. The van der Waals surface area contributed by atoms with Crippen LogP contribution in [0.25, 0.3) is 0 Å². The Kier molecular flexibility index (Phi) is 7.03. The van der Waals surface area contributed by atoms with Crippen molar-refractivity contribution in [1.82, 2.24) is 15.2 Å². The van der Waals surface area contributed by atoms with Gasteiger partial charge in [-0.15, -0.1) is 0 Å². The number of ether oxygens (including phenoxy) is 1. The summed E-state index contributed by atoms with van der Waals surface area (Å²) in [5.74, 6) is 0.286. The first-order valence-corrected chi connectivity index (χ1v) is 9.75. The number of hydrogen-bond acceptors (Lipinski definition) is 4. The topological polar surface area (TPSA) is 68.5 Å². The monoisotopic (exact) mass is 410 g/mol. The predicted molar refractivity (Wildman–Crippen MR) is 115 cm³/mol. The maximum atomic E-state index is 11.9. The minimum absolute atomic E-state index is 0.122. The van der Waals surface area contributed by atoms with Gasteiger partial charge in [0.05, 0.1) is 24.0 Å². The summed E-state index contributed by atoms with van der Waals surface area (Å²) in [6.45, 7) is 4.37. The average molecular weight is 411 g/mol. The molecule has 2 aromatic carbocycles. The molecule has 3 rings (SSSR count). The second-order valence-corrected chi connectivity index (χ2v) is 6.87. The molecule has 0 saturated carbocycles. The highest BCUT2D eigenvalue weighted by molar-refractivity contribution is 6.32. The molecule has 0 radical (unpaired) electrons. The molecule has 0 spiro atoms. The lowest BCUT2D eigenvalue weighted by atomic mass is 10.2. The maximum Gasteiger partial charge on any atom is 0.277 e. The SMILES string of the molecule is CCc1ccc(OCC(=O)N/N=C\c2c(C)nn(Cc3ccccc3)c2Cl)cc1. The van der Waals surface area contributed by atoms with Crippen molar-refractivity contribution in [2.45, 2.75) is 26.8 Å². The van der Waals surface area contributed by atoms with Gasteiger partial charge in [-0.05, 0) is 36.6 Å². The van der Waals surface area contributed by atoms with E-state index in [1.165, 1.54) is 11.8 Å². The van der Waals surface area contributed by atoms with Gasteiger partial charge in [-0.3, -0.25) is 4.79 Å². The van der Waals surface area contributed by atoms with E-state index in [9.17, 15) is 4.79 Å². The molecule has 1 N–H and O–H groups in total. The molecule has 0 aliphatic carbocycles. The third-order valence-electron chi connectivity index (χ3n) is 4.37. The van der Waals surface area contributed by atoms with Crippen LogP contribution in [0.4, 0.5) is 0 Å². The molecule has 0 unspecified atom stereocenters. The van der Waals surface area contributed by atoms with Gasteiger partial charge in [-0.2, -0.15) is 10.2 Å². The standard InChI is InChI=1S/C22H23ClN4O2/c1-3-17-9-11-19(12-10-17)29-15-21(28)25-24-13-20-16(2)26-27(22(20)23)14-18-7-5-4-6-8-18/h4-13H,3,14-15H2,1-2H3,(H,25,28)/b24-13-. The highest BCUT2D eigenvalue weighted by atomic mass is 35.5. The van der Waals surface area contributed by atoms with Gasteiger partial charge in [0.2, 0.25) is 0 Å². The normalized spacial score (nSPS) is 11.0. The van der Waals surface area contributed by atoms with Crippen molar-refractivity contribution in [3.8, 4) is 5.75 Å². The Labute approximate surface area is 175 Å². The lowest BCUT2D eigenvalue weighted by molar-refractivity contribution is -0.123. The molecule has 1 amide bonds. The molecule has 6 nitrogen and oxygen atoms in total. The summed E-state index contributed by atoms with van der Waals surface area (Å²) in [7, 11) is 0. The van der Waals surface area contributed by atoms with Gasteiger partial charge >= 0.3 is 0 Å². The van der Waals surface area contributed by atoms with Gasteiger partial charge in [-0.25, -0.2) is 10.1 Å². The molecule has 0 aliphatic heterocycles. The number of hydrazone groups is 1. The van der Waals surface area contributed by atoms with Crippen LogP contribution in [-0.2, 0) is 17.8 Å². The molecule has 0 aliphatic rings. The predicted octanol–water partition coefficient (Wildman–Crippen LogP) is 3.98. The number of carbonyl (C=O) groups is 1. The number of carbonyl (C=O) groups excluding carboxylic acids is 1. The zero-order valence-electron chi connectivity index (χ0n) is 16.4. The minimum atomic E-state index is -0.355. The zero-order valence-corrected chi connectivity index (χ0v) is 17.2. The zero-order chi connectivity index (χ0) is 20.6. The molecule has 3 aromatic rings. The fraction of sp³-hybridized carbons (Fsp3) is 0.227. The van der Waals surface area contributed by atoms with Crippen molar-refractivity contribution in [1.29, 1.82) is 0 Å². The summed E-state index contributed by atoms with van der Waals surface area (Å²) in [5.41, 5.74) is 6.15. The Morgan fingerprint density at radius 2 is 1.90 bits per heavy atom. The minimum Gasteiger partial charge on any atom is -0.484 e. The molecular formula is C22H23ClN4O2. The van der Waals surface area contributed by atoms with Crippen molar-refractivity contribution in [2.24, 2.45) is 5.10 Å². The highest BCUT2D eigenvalue weighted by Gasteiger charge is 2.12. The summed E-state index contributed by atoms with van der Waals surface area (Å²) in [6.07, 6.45) is 2.46. The molecular weight excluding hydrogens is 388 g/mol. The van der Waals surface area contributed by atoms with E-state index >= 15 is 0 Å². The van der Waals surface area contributed by atoms with Gasteiger partial charge in [0.15, 0.2) is 6.61 Å². The van der Waals surface area contributed by atoms with Crippen LogP contribution in [0.1, 0.15) is 29.3 Å². The van der Waals surface area contributed by atoms with Gasteiger partial charge in [0.25, 0.3) is 5.91 Å². The molecule has 0 fully saturated rings. The van der Waals surface area contributed by atoms with Crippen LogP contribution >= 0.6 is 11.6 Å². The van der Waals surface area contributed by atoms with Crippen LogP contribution in [0.3, 0.4) is 0 Å². The van der Waals surface area contributed by atoms with Crippen molar-refractivity contribution in [2.75, 3.05) is 6.61 Å². The lowest BCUT2D eigenvalue weighted by Gasteiger charge is -2.05. The van der Waals surface area contributed by atoms with E-state index in [-0.39, 0.29) is 12.5 Å². The van der Waals surface area contributed by atoms with Gasteiger partial charge in [-0.1, -0.05) is 61.0 Å². The Hall–Kier alpha value is -3.12. The van der Waals surface area contributed by atoms with Gasteiger partial charge in [0.1, 0.15) is 10.9 Å². The number of hydrogen-bond donors (Lipinski definition) is 1. The smallest absolute Gasteiger partial charge is 0.277 e. The first-order valence-electron chi connectivity index (χ1n) is 9.37. The first-order chi connectivity index (χ1) is 14.1. The van der Waals surface area contributed by atoms with E-state index in [0.29, 0.717) is 23.0 Å². The third-order valence-corrected chi connectivity index (χ3v) is 4.77. The number of aryl methyl sites for hydroxylation is 2. The molecule has 29 heavy (non-hydrogen) atoms. The van der Waals surface area contributed by atoms with Crippen LogP contribution < -0.4 is 10.2 Å². The molecule has 1 heterocycles. The molecule has 1 aromatic heterocycles. The number of aromatic nitrogens is 2. The van der Waals surface area contributed by atoms with Crippen LogP contribution in [0.2, 0.25) is 5.15 Å². The molecule has 0 bridgehead atoms. The molecule has 7 heteroatoms. The van der Waals surface area contributed by atoms with E-state index in [1.54, 1.807) is 4.68 Å². The Morgan fingerprint density at radius 3 is 2.59 bits per heavy atom. The van der Waals surface area contributed by atoms with E-state index in [2.05, 4.69) is 22.5 Å². The van der Waals surface area contributed by atoms with Gasteiger partial charge < -0.3 is 4.74 Å². The Bertz CT molecular complexity index is 982. The number of nitrogens with zero attached hydrogens (tertiary/aromatic N) is 3. The summed E-state index contributed by atoms with van der Waals surface area (Å²) in [6, 6.07) is 17.6. The lowest BCUT2D eigenvalue weighted by Crippen LogP contribution is -2.24. The summed E-state index contributed by atoms with van der Waals surface area (Å²) >= 11 is 6.43. The second kappa shape index (κ2) is 9.89. The van der Waals surface area contributed by atoms with Crippen LogP contribution in [0, 0.1) is 6.92 Å². The molecule has 150 valence electrons. The van der Waals surface area contributed by atoms with E-state index in [1.807, 2.05) is 61.5 Å². The van der Waals surface area contributed by atoms with Gasteiger partial charge in [0, 0.05) is 0 Å². The first kappa shape index (κ1) is 20.6. The fourth-order valence-corrected chi connectivity index (χ4v) is 3.03. The summed E-state index contributed by atoms with van der Waals surface area (Å²) < 4.78 is 7.17. The summed E-state index contributed by atoms with van der Waals surface area (Å²) in [4.78, 5) is 11.9. The fourth-order valence-electron chi connectivity index (χ4n) is 2.75. The number of amides is 1. The quantitative estimate of drug-likeness (QED) is 0.451. The Morgan fingerprint density at radius 1 is 1.17 bits per heavy atom. The van der Waals surface area contributed by atoms with Crippen molar-refractivity contribution in [3.05, 3.63) is 82.1 Å². The van der Waals surface area contributed by atoms with Crippen molar-refractivity contribution >= 4 is 23.7 Å². The number of rotatable bonds is 8. The summed E-state index contributed by atoms with van der Waals surface area (Å²) in [5, 5.41) is 8.90. The third kappa shape index (κ3) is 5.68. The largest absolute Gasteiger partial charge is 0.484 e. The average Bonchev–Trinajstić information content (AvgIpc) is 3.00. The van der Waals surface area contributed by atoms with E-state index in [4.69, 9.17) is 16.3 Å². The number of nitrogens with one attached hydrogen (secondary N) is 1. The van der Waals surface area contributed by atoms with Crippen molar-refractivity contribution < 1.29 is 9.53 Å². The molecule has 0 atom stereocenters. The maximum absolute atomic E-state index is 11.9. The number of benzene rings is 2. The Balaban J connectivity index is 1.54. The van der Waals surface area contributed by atoms with Crippen LogP contribution in [0.15, 0.2) is 59.7 Å². The number of halogens is 1. The second-order valence-electron chi connectivity index (χ2n) is 6.51. The molecule has 0 saturated heterocycles.